The van der Waals surface area contributed by atoms with Crippen LogP contribution in [0.15, 0.2) is 53.7 Å². The number of phenolic OH excluding ortho intramolecular Hbond substituents is 1. The lowest BCUT2D eigenvalue weighted by molar-refractivity contribution is 0.102. The van der Waals surface area contributed by atoms with Gasteiger partial charge < -0.3 is 5.11 Å². The molecule has 0 aliphatic carbocycles. The zero-order chi connectivity index (χ0) is 16.2. The topological polar surface area (TPSA) is 80.9 Å². The van der Waals surface area contributed by atoms with E-state index in [-0.39, 0.29) is 17.3 Å². The maximum atomic E-state index is 12.2. The minimum Gasteiger partial charge on any atom is -0.508 e. The average molecular weight is 326 g/mol. The zero-order valence-corrected chi connectivity index (χ0v) is 13.2. The molecule has 3 rings (SSSR count). The molecule has 0 saturated heterocycles. The smallest absolute Gasteiger partial charge is 0.214 e. The van der Waals surface area contributed by atoms with E-state index < -0.39 is 0 Å². The van der Waals surface area contributed by atoms with Gasteiger partial charge in [-0.1, -0.05) is 41.6 Å². The number of Topliss-reactive ketones (excluding diaryl/α,β-unsaturated/α-hetero) is 1. The molecule has 0 aliphatic heterocycles. The van der Waals surface area contributed by atoms with Crippen LogP contribution >= 0.6 is 11.8 Å². The number of aromatic nitrogens is 4. The number of carbonyl (C=O) groups excluding carboxylic acids is 1. The van der Waals surface area contributed by atoms with Crippen LogP contribution in [-0.2, 0) is 0 Å². The van der Waals surface area contributed by atoms with Crippen LogP contribution < -0.4 is 0 Å². The van der Waals surface area contributed by atoms with Crippen LogP contribution in [0, 0.1) is 6.92 Å². The SMILES string of the molecule is Cc1ccc(C(=O)CSc2nnnn2-c2ccc(O)cc2)cc1. The fraction of sp³-hybridized carbons (Fsp3) is 0.125. The highest BCUT2D eigenvalue weighted by Crippen LogP contribution is 2.21. The number of phenols is 1. The molecule has 0 aliphatic rings. The van der Waals surface area contributed by atoms with Gasteiger partial charge in [0.15, 0.2) is 5.78 Å². The van der Waals surface area contributed by atoms with Crippen molar-refractivity contribution >= 4 is 17.5 Å². The van der Waals surface area contributed by atoms with Crippen LogP contribution in [0.25, 0.3) is 5.69 Å². The highest BCUT2D eigenvalue weighted by Gasteiger charge is 2.12. The van der Waals surface area contributed by atoms with Crippen LogP contribution in [0.2, 0.25) is 0 Å². The number of nitrogens with zero attached hydrogens (tertiary/aromatic N) is 4. The summed E-state index contributed by atoms with van der Waals surface area (Å²) >= 11 is 1.27. The van der Waals surface area contributed by atoms with Gasteiger partial charge in [0.25, 0.3) is 0 Å². The number of benzene rings is 2. The third-order valence-corrected chi connectivity index (χ3v) is 4.16. The quantitative estimate of drug-likeness (QED) is 0.573. The summed E-state index contributed by atoms with van der Waals surface area (Å²) in [5.74, 6) is 0.447. The maximum Gasteiger partial charge on any atom is 0.214 e. The summed E-state index contributed by atoms with van der Waals surface area (Å²) in [6.07, 6.45) is 0. The molecule has 7 heteroatoms. The summed E-state index contributed by atoms with van der Waals surface area (Å²) < 4.78 is 1.53. The summed E-state index contributed by atoms with van der Waals surface area (Å²) in [7, 11) is 0. The number of thioether (sulfide) groups is 1. The Bertz CT molecular complexity index is 813. The molecule has 0 fully saturated rings. The summed E-state index contributed by atoms with van der Waals surface area (Å²) in [6.45, 7) is 1.98. The first kappa shape index (κ1) is 15.2. The van der Waals surface area contributed by atoms with Crippen LogP contribution in [0.4, 0.5) is 0 Å². The molecular weight excluding hydrogens is 312 g/mol. The minimum absolute atomic E-state index is 0.0234. The van der Waals surface area contributed by atoms with Crippen molar-refractivity contribution in [3.05, 3.63) is 59.7 Å². The van der Waals surface area contributed by atoms with E-state index in [2.05, 4.69) is 15.5 Å². The zero-order valence-electron chi connectivity index (χ0n) is 12.4. The lowest BCUT2D eigenvalue weighted by atomic mass is 10.1. The van der Waals surface area contributed by atoms with Gasteiger partial charge >= 0.3 is 0 Å². The van der Waals surface area contributed by atoms with Crippen LogP contribution in [0.1, 0.15) is 15.9 Å². The van der Waals surface area contributed by atoms with Crippen molar-refractivity contribution in [3.63, 3.8) is 0 Å². The van der Waals surface area contributed by atoms with Crippen molar-refractivity contribution in [1.29, 1.82) is 0 Å². The van der Waals surface area contributed by atoms with Crippen molar-refractivity contribution in [2.24, 2.45) is 0 Å². The average Bonchev–Trinajstić information content (AvgIpc) is 3.02. The van der Waals surface area contributed by atoms with Crippen molar-refractivity contribution in [2.75, 3.05) is 5.75 Å². The van der Waals surface area contributed by atoms with Crippen LogP contribution in [0.5, 0.6) is 5.75 Å². The Morgan fingerprint density at radius 2 is 1.83 bits per heavy atom. The largest absolute Gasteiger partial charge is 0.508 e. The van der Waals surface area contributed by atoms with Gasteiger partial charge in [-0.2, -0.15) is 4.68 Å². The Morgan fingerprint density at radius 3 is 2.52 bits per heavy atom. The summed E-state index contributed by atoms with van der Waals surface area (Å²) in [6, 6.07) is 14.0. The van der Waals surface area contributed by atoms with E-state index in [1.165, 1.54) is 16.4 Å². The molecule has 1 heterocycles. The second-order valence-corrected chi connectivity index (χ2v) is 5.91. The third kappa shape index (κ3) is 3.57. The second kappa shape index (κ2) is 6.62. The lowest BCUT2D eigenvalue weighted by Crippen LogP contribution is -2.05. The van der Waals surface area contributed by atoms with Crippen molar-refractivity contribution in [1.82, 2.24) is 20.2 Å². The normalized spacial score (nSPS) is 10.7. The van der Waals surface area contributed by atoms with Gasteiger partial charge in [-0.05, 0) is 41.6 Å². The fourth-order valence-electron chi connectivity index (χ4n) is 1.98. The van der Waals surface area contributed by atoms with Gasteiger partial charge in [-0.3, -0.25) is 4.79 Å². The molecule has 0 saturated carbocycles. The summed E-state index contributed by atoms with van der Waals surface area (Å²) in [5, 5.41) is 21.4. The first-order chi connectivity index (χ1) is 11.1. The third-order valence-electron chi connectivity index (χ3n) is 3.24. The van der Waals surface area contributed by atoms with E-state index in [0.29, 0.717) is 10.7 Å². The standard InChI is InChI=1S/C16H14N4O2S/c1-11-2-4-12(5-3-11)15(22)10-23-16-17-18-19-20(16)13-6-8-14(21)9-7-13/h2-9,21H,10H2,1H3. The van der Waals surface area contributed by atoms with Gasteiger partial charge in [0.2, 0.25) is 5.16 Å². The highest BCUT2D eigenvalue weighted by molar-refractivity contribution is 7.99. The number of hydrogen-bond acceptors (Lipinski definition) is 6. The number of carbonyl (C=O) groups is 1. The monoisotopic (exact) mass is 326 g/mol. The summed E-state index contributed by atoms with van der Waals surface area (Å²) in [5.41, 5.74) is 2.51. The molecule has 2 aromatic carbocycles. The van der Waals surface area contributed by atoms with Crippen LogP contribution in [0.3, 0.4) is 0 Å². The Labute approximate surface area is 137 Å². The Hall–Kier alpha value is -2.67. The number of tetrazole rings is 1. The van der Waals surface area contributed by atoms with Crippen molar-refractivity contribution in [3.8, 4) is 11.4 Å². The molecule has 0 amide bonds. The fourth-order valence-corrected chi connectivity index (χ4v) is 2.76. The van der Waals surface area contributed by atoms with Gasteiger partial charge in [-0.15, -0.1) is 5.10 Å². The number of aromatic hydroxyl groups is 1. The predicted molar refractivity (Wildman–Crippen MR) is 87.1 cm³/mol. The van der Waals surface area contributed by atoms with Crippen LogP contribution in [-0.4, -0.2) is 36.8 Å². The number of aryl methyl sites for hydroxylation is 1. The van der Waals surface area contributed by atoms with E-state index >= 15 is 0 Å². The molecule has 23 heavy (non-hydrogen) atoms. The molecule has 0 bridgehead atoms. The van der Waals surface area contributed by atoms with Crippen molar-refractivity contribution in [2.45, 2.75) is 12.1 Å². The van der Waals surface area contributed by atoms with E-state index in [9.17, 15) is 9.90 Å². The van der Waals surface area contributed by atoms with E-state index in [1.807, 2.05) is 31.2 Å². The van der Waals surface area contributed by atoms with Gasteiger partial charge in [0.1, 0.15) is 5.75 Å². The molecule has 0 radical (unpaired) electrons. The molecule has 1 aromatic heterocycles. The molecule has 3 aromatic rings. The molecule has 0 spiro atoms. The lowest BCUT2D eigenvalue weighted by Gasteiger charge is -2.04. The molecule has 116 valence electrons. The van der Waals surface area contributed by atoms with Gasteiger partial charge in [-0.25, -0.2) is 0 Å². The maximum absolute atomic E-state index is 12.2. The van der Waals surface area contributed by atoms with E-state index in [4.69, 9.17) is 0 Å². The predicted octanol–water partition coefficient (Wildman–Crippen LogP) is 2.65. The number of rotatable bonds is 5. The van der Waals surface area contributed by atoms with Gasteiger partial charge in [0.05, 0.1) is 11.4 Å². The van der Waals surface area contributed by atoms with Crippen molar-refractivity contribution < 1.29 is 9.90 Å². The molecule has 1 N–H and O–H groups in total. The molecular formula is C16H14N4O2S. The number of ketones is 1. The Balaban J connectivity index is 1.72. The first-order valence-electron chi connectivity index (χ1n) is 6.94. The summed E-state index contributed by atoms with van der Waals surface area (Å²) in [4.78, 5) is 12.2. The highest BCUT2D eigenvalue weighted by atomic mass is 32.2. The molecule has 0 unspecified atom stereocenters. The van der Waals surface area contributed by atoms with E-state index in [1.54, 1.807) is 24.3 Å². The second-order valence-electron chi connectivity index (χ2n) is 4.97. The van der Waals surface area contributed by atoms with Gasteiger partial charge in [0, 0.05) is 5.56 Å². The Morgan fingerprint density at radius 1 is 1.13 bits per heavy atom. The van der Waals surface area contributed by atoms with E-state index in [0.717, 1.165) is 11.3 Å². The molecule has 6 nitrogen and oxygen atoms in total. The number of hydrogen-bond donors (Lipinski definition) is 1. The Kier molecular flexibility index (Phi) is 4.38. The minimum atomic E-state index is 0.0234. The molecule has 0 atom stereocenters. The first-order valence-corrected chi connectivity index (χ1v) is 7.92.